The van der Waals surface area contributed by atoms with Crippen molar-refractivity contribution in [1.82, 2.24) is 9.97 Å². The summed E-state index contributed by atoms with van der Waals surface area (Å²) in [5, 5.41) is 0. The highest BCUT2D eigenvalue weighted by molar-refractivity contribution is 7.99. The van der Waals surface area contributed by atoms with Gasteiger partial charge in [-0.05, 0) is 47.5 Å². The molecule has 0 aromatic carbocycles. The molecule has 0 radical (unpaired) electrons. The zero-order valence-corrected chi connectivity index (χ0v) is 12.2. The minimum atomic E-state index is 0.141. The second-order valence-electron chi connectivity index (χ2n) is 4.72. The van der Waals surface area contributed by atoms with Crippen molar-refractivity contribution in [2.75, 3.05) is 11.5 Å². The summed E-state index contributed by atoms with van der Waals surface area (Å²) in [5.41, 5.74) is 3.72. The average molecular weight is 294 g/mol. The molecule has 0 amide bonds. The molecular weight excluding hydrogens is 280 g/mol. The van der Waals surface area contributed by atoms with Gasteiger partial charge in [-0.15, -0.1) is 0 Å². The number of ketones is 1. The number of pyridine rings is 2. The van der Waals surface area contributed by atoms with Crippen LogP contribution in [0.1, 0.15) is 11.1 Å². The Morgan fingerprint density at radius 1 is 0.810 bits per heavy atom. The van der Waals surface area contributed by atoms with Crippen LogP contribution in [-0.4, -0.2) is 27.3 Å². The van der Waals surface area contributed by atoms with Crippen molar-refractivity contribution >= 4 is 29.7 Å². The van der Waals surface area contributed by atoms with Crippen molar-refractivity contribution in [3.63, 3.8) is 0 Å². The molecule has 0 aliphatic carbocycles. The summed E-state index contributed by atoms with van der Waals surface area (Å²) < 4.78 is 0. The quantitative estimate of drug-likeness (QED) is 0.797. The molecule has 21 heavy (non-hydrogen) atoms. The SMILES string of the molecule is O=C1/C(=C/c2ccncc2)CSC/C1=C/c1ccncc1. The molecule has 2 aromatic rings. The Bertz CT molecular complexity index is 634. The van der Waals surface area contributed by atoms with Crippen molar-refractivity contribution in [3.8, 4) is 0 Å². The van der Waals surface area contributed by atoms with Crippen LogP contribution in [0.15, 0.2) is 60.2 Å². The minimum Gasteiger partial charge on any atom is -0.289 e. The summed E-state index contributed by atoms with van der Waals surface area (Å²) in [4.78, 5) is 20.5. The fourth-order valence-electron chi connectivity index (χ4n) is 2.14. The van der Waals surface area contributed by atoms with E-state index in [4.69, 9.17) is 0 Å². The Labute approximate surface area is 127 Å². The van der Waals surface area contributed by atoms with Crippen LogP contribution in [0.3, 0.4) is 0 Å². The molecule has 4 heteroatoms. The van der Waals surface area contributed by atoms with Gasteiger partial charge >= 0.3 is 0 Å². The van der Waals surface area contributed by atoms with E-state index in [1.54, 1.807) is 36.5 Å². The third-order valence-electron chi connectivity index (χ3n) is 3.19. The van der Waals surface area contributed by atoms with Crippen LogP contribution in [0.25, 0.3) is 12.2 Å². The molecule has 3 rings (SSSR count). The molecule has 0 saturated carbocycles. The van der Waals surface area contributed by atoms with Crippen LogP contribution in [-0.2, 0) is 4.79 Å². The highest BCUT2D eigenvalue weighted by Gasteiger charge is 2.20. The van der Waals surface area contributed by atoms with Gasteiger partial charge in [0.1, 0.15) is 0 Å². The van der Waals surface area contributed by atoms with E-state index in [0.717, 1.165) is 33.8 Å². The molecule has 104 valence electrons. The first-order chi connectivity index (χ1) is 10.3. The predicted octanol–water partition coefficient (Wildman–Crippen LogP) is 3.26. The van der Waals surface area contributed by atoms with Crippen LogP contribution in [0.5, 0.6) is 0 Å². The van der Waals surface area contributed by atoms with Gasteiger partial charge in [-0.3, -0.25) is 14.8 Å². The van der Waals surface area contributed by atoms with Gasteiger partial charge in [-0.1, -0.05) is 0 Å². The lowest BCUT2D eigenvalue weighted by Gasteiger charge is -2.16. The van der Waals surface area contributed by atoms with Crippen molar-refractivity contribution < 1.29 is 4.79 Å². The van der Waals surface area contributed by atoms with E-state index in [1.165, 1.54) is 0 Å². The van der Waals surface area contributed by atoms with Gasteiger partial charge in [-0.2, -0.15) is 11.8 Å². The van der Waals surface area contributed by atoms with E-state index in [0.29, 0.717) is 0 Å². The molecule has 1 saturated heterocycles. The van der Waals surface area contributed by atoms with E-state index in [1.807, 2.05) is 36.4 Å². The van der Waals surface area contributed by atoms with E-state index in [9.17, 15) is 4.79 Å². The van der Waals surface area contributed by atoms with Crippen LogP contribution in [0.2, 0.25) is 0 Å². The second-order valence-corrected chi connectivity index (χ2v) is 5.71. The normalized spacial score (nSPS) is 19.1. The lowest BCUT2D eigenvalue weighted by Crippen LogP contribution is -2.16. The predicted molar refractivity (Wildman–Crippen MR) is 86.8 cm³/mol. The lowest BCUT2D eigenvalue weighted by atomic mass is 10.0. The average Bonchev–Trinajstić information content (AvgIpc) is 2.53. The lowest BCUT2D eigenvalue weighted by molar-refractivity contribution is -0.112. The Morgan fingerprint density at radius 2 is 1.24 bits per heavy atom. The molecule has 0 spiro atoms. The molecule has 0 unspecified atom stereocenters. The van der Waals surface area contributed by atoms with Gasteiger partial charge in [0.25, 0.3) is 0 Å². The van der Waals surface area contributed by atoms with Crippen molar-refractivity contribution in [1.29, 1.82) is 0 Å². The van der Waals surface area contributed by atoms with Crippen molar-refractivity contribution in [3.05, 3.63) is 71.3 Å². The molecule has 1 fully saturated rings. The topological polar surface area (TPSA) is 42.9 Å². The smallest absolute Gasteiger partial charge is 0.186 e. The highest BCUT2D eigenvalue weighted by atomic mass is 32.2. The van der Waals surface area contributed by atoms with Gasteiger partial charge in [0.05, 0.1) is 0 Å². The largest absolute Gasteiger partial charge is 0.289 e. The van der Waals surface area contributed by atoms with Gasteiger partial charge in [0.15, 0.2) is 5.78 Å². The fraction of sp³-hybridized carbons (Fsp3) is 0.118. The van der Waals surface area contributed by atoms with Gasteiger partial charge in [0.2, 0.25) is 0 Å². The molecule has 0 bridgehead atoms. The second kappa shape index (κ2) is 6.50. The van der Waals surface area contributed by atoms with Crippen molar-refractivity contribution in [2.45, 2.75) is 0 Å². The number of thioether (sulfide) groups is 1. The monoisotopic (exact) mass is 294 g/mol. The first-order valence-electron chi connectivity index (χ1n) is 6.66. The first-order valence-corrected chi connectivity index (χ1v) is 7.82. The number of carbonyl (C=O) groups excluding carboxylic acids is 1. The van der Waals surface area contributed by atoms with Gasteiger partial charge in [-0.25, -0.2) is 0 Å². The molecule has 1 aliphatic heterocycles. The molecule has 2 aromatic heterocycles. The fourth-order valence-corrected chi connectivity index (χ4v) is 3.12. The Balaban J connectivity index is 1.88. The zero-order chi connectivity index (χ0) is 14.5. The zero-order valence-electron chi connectivity index (χ0n) is 11.4. The van der Waals surface area contributed by atoms with Crippen molar-refractivity contribution in [2.24, 2.45) is 0 Å². The van der Waals surface area contributed by atoms with E-state index >= 15 is 0 Å². The van der Waals surface area contributed by atoms with Crippen LogP contribution < -0.4 is 0 Å². The number of hydrogen-bond acceptors (Lipinski definition) is 4. The number of Topliss-reactive ketones (excluding diaryl/α,β-unsaturated/α-hetero) is 1. The summed E-state index contributed by atoms with van der Waals surface area (Å²) in [6.07, 6.45) is 10.9. The molecule has 0 atom stereocenters. The third kappa shape index (κ3) is 3.47. The Kier molecular flexibility index (Phi) is 4.26. The van der Waals surface area contributed by atoms with Gasteiger partial charge < -0.3 is 0 Å². The molecule has 3 nitrogen and oxygen atoms in total. The standard InChI is InChI=1S/C17H14N2OS/c20-17-15(9-13-1-5-18-6-2-13)11-21-12-16(17)10-14-3-7-19-8-4-14/h1-10H,11-12H2/b15-9-,16-10+. The number of nitrogens with zero attached hydrogens (tertiary/aromatic N) is 2. The molecular formula is C17H14N2OS. The Hall–Kier alpha value is -2.20. The molecule has 3 heterocycles. The summed E-state index contributed by atoms with van der Waals surface area (Å²) >= 11 is 1.76. The maximum absolute atomic E-state index is 12.6. The summed E-state index contributed by atoms with van der Waals surface area (Å²) in [6.45, 7) is 0. The number of rotatable bonds is 2. The summed E-state index contributed by atoms with van der Waals surface area (Å²) in [7, 11) is 0. The van der Waals surface area contributed by atoms with Crippen LogP contribution in [0, 0.1) is 0 Å². The number of hydrogen-bond donors (Lipinski definition) is 0. The third-order valence-corrected chi connectivity index (χ3v) is 4.22. The molecule has 0 N–H and O–H groups in total. The first kappa shape index (κ1) is 13.8. The van der Waals surface area contributed by atoms with Gasteiger partial charge in [0, 0.05) is 47.4 Å². The highest BCUT2D eigenvalue weighted by Crippen LogP contribution is 2.26. The summed E-state index contributed by atoms with van der Waals surface area (Å²) in [5.74, 6) is 1.66. The maximum Gasteiger partial charge on any atom is 0.186 e. The summed E-state index contributed by atoms with van der Waals surface area (Å²) in [6, 6.07) is 7.63. The van der Waals surface area contributed by atoms with E-state index in [-0.39, 0.29) is 5.78 Å². The van der Waals surface area contributed by atoms with E-state index < -0.39 is 0 Å². The van der Waals surface area contributed by atoms with Crippen LogP contribution in [0.4, 0.5) is 0 Å². The maximum atomic E-state index is 12.6. The number of aromatic nitrogens is 2. The molecule has 1 aliphatic rings. The Morgan fingerprint density at radius 3 is 1.67 bits per heavy atom. The number of carbonyl (C=O) groups is 1. The van der Waals surface area contributed by atoms with Crippen LogP contribution >= 0.6 is 11.8 Å². The minimum absolute atomic E-state index is 0.141. The van der Waals surface area contributed by atoms with E-state index in [2.05, 4.69) is 9.97 Å².